The molecular formula is C6H15ClN2O2S. The van der Waals surface area contributed by atoms with Gasteiger partial charge in [-0.2, -0.15) is 4.31 Å². The van der Waals surface area contributed by atoms with E-state index in [-0.39, 0.29) is 18.2 Å². The van der Waals surface area contributed by atoms with Crippen LogP contribution in [0.2, 0.25) is 0 Å². The minimum atomic E-state index is -2.93. The lowest BCUT2D eigenvalue weighted by atomic mass is 10.4. The van der Waals surface area contributed by atoms with Gasteiger partial charge >= 0.3 is 0 Å². The molecular weight excluding hydrogens is 200 g/mol. The van der Waals surface area contributed by atoms with Crippen LogP contribution in [0, 0.1) is 0 Å². The lowest BCUT2D eigenvalue weighted by Crippen LogP contribution is -2.46. The third-order valence-electron chi connectivity index (χ3n) is 1.83. The Morgan fingerprint density at radius 2 is 1.83 bits per heavy atom. The molecule has 1 heterocycles. The van der Waals surface area contributed by atoms with E-state index in [1.54, 1.807) is 11.2 Å². The molecule has 4 nitrogen and oxygen atoms in total. The third kappa shape index (κ3) is 2.90. The molecule has 0 aliphatic carbocycles. The predicted molar refractivity (Wildman–Crippen MR) is 51.2 cm³/mol. The Morgan fingerprint density at radius 1 is 1.33 bits per heavy atom. The summed E-state index contributed by atoms with van der Waals surface area (Å²) in [6, 6.07) is 0. The van der Waals surface area contributed by atoms with Gasteiger partial charge < -0.3 is 5.32 Å². The van der Waals surface area contributed by atoms with Crippen molar-refractivity contribution in [3.63, 3.8) is 0 Å². The molecule has 6 heteroatoms. The van der Waals surface area contributed by atoms with E-state index in [0.29, 0.717) is 13.1 Å². The number of halogens is 1. The highest BCUT2D eigenvalue weighted by atomic mass is 35.5. The lowest BCUT2D eigenvalue weighted by Gasteiger charge is -2.25. The summed E-state index contributed by atoms with van der Waals surface area (Å²) in [4.78, 5) is 0. The maximum atomic E-state index is 11.3. The number of rotatable bonds is 2. The standard InChI is InChI=1S/C6H14N2O2S.ClH/c1-2-11(9,10)8-5-3-7-4-6-8;/h7H,2-6H2,1H3;1H. The second-order valence-electron chi connectivity index (χ2n) is 2.55. The zero-order valence-corrected chi connectivity index (χ0v) is 8.75. The summed E-state index contributed by atoms with van der Waals surface area (Å²) < 4.78 is 24.1. The number of hydrogen-bond acceptors (Lipinski definition) is 3. The summed E-state index contributed by atoms with van der Waals surface area (Å²) in [5.41, 5.74) is 0. The average molecular weight is 215 g/mol. The Kier molecular flexibility index (Phi) is 5.08. The van der Waals surface area contributed by atoms with Crippen LogP contribution >= 0.6 is 12.4 Å². The van der Waals surface area contributed by atoms with Crippen molar-refractivity contribution in [3.05, 3.63) is 0 Å². The van der Waals surface area contributed by atoms with Crippen LogP contribution in [0.5, 0.6) is 0 Å². The normalized spacial score (nSPS) is 20.1. The first kappa shape index (κ1) is 12.2. The molecule has 0 saturated carbocycles. The molecule has 0 aromatic rings. The van der Waals surface area contributed by atoms with Gasteiger partial charge in [-0.3, -0.25) is 0 Å². The van der Waals surface area contributed by atoms with E-state index in [1.807, 2.05) is 0 Å². The fourth-order valence-electron chi connectivity index (χ4n) is 1.11. The fourth-order valence-corrected chi connectivity index (χ4v) is 2.21. The lowest BCUT2D eigenvalue weighted by molar-refractivity contribution is 0.361. The van der Waals surface area contributed by atoms with Gasteiger partial charge in [0.15, 0.2) is 0 Å². The van der Waals surface area contributed by atoms with Crippen molar-refractivity contribution in [2.75, 3.05) is 31.9 Å². The second-order valence-corrected chi connectivity index (χ2v) is 4.81. The minimum absolute atomic E-state index is 0. The molecule has 1 saturated heterocycles. The molecule has 74 valence electrons. The van der Waals surface area contributed by atoms with Crippen LogP contribution in [0.25, 0.3) is 0 Å². The summed E-state index contributed by atoms with van der Waals surface area (Å²) in [5, 5.41) is 3.10. The quantitative estimate of drug-likeness (QED) is 0.685. The number of sulfonamides is 1. The highest BCUT2D eigenvalue weighted by molar-refractivity contribution is 7.89. The zero-order chi connectivity index (χ0) is 8.32. The molecule has 1 fully saturated rings. The van der Waals surface area contributed by atoms with Gasteiger partial charge in [-0.15, -0.1) is 12.4 Å². The van der Waals surface area contributed by atoms with Gasteiger partial charge in [0.25, 0.3) is 0 Å². The van der Waals surface area contributed by atoms with Gasteiger partial charge in [-0.25, -0.2) is 8.42 Å². The van der Waals surface area contributed by atoms with E-state index in [9.17, 15) is 8.42 Å². The van der Waals surface area contributed by atoms with Gasteiger partial charge in [0.1, 0.15) is 0 Å². The van der Waals surface area contributed by atoms with Gasteiger partial charge in [0.2, 0.25) is 10.0 Å². The van der Waals surface area contributed by atoms with Crippen molar-refractivity contribution in [3.8, 4) is 0 Å². The summed E-state index contributed by atoms with van der Waals surface area (Å²) in [6.07, 6.45) is 0. The molecule has 0 unspecified atom stereocenters. The van der Waals surface area contributed by atoms with Crippen molar-refractivity contribution in [2.24, 2.45) is 0 Å². The van der Waals surface area contributed by atoms with E-state index < -0.39 is 10.0 Å². The first-order valence-corrected chi connectivity index (χ1v) is 5.46. The molecule has 0 radical (unpaired) electrons. The second kappa shape index (κ2) is 5.01. The Balaban J connectivity index is 0.00000121. The Labute approximate surface area is 79.8 Å². The van der Waals surface area contributed by atoms with Crippen molar-refractivity contribution in [2.45, 2.75) is 6.92 Å². The molecule has 1 N–H and O–H groups in total. The van der Waals surface area contributed by atoms with Gasteiger partial charge in [-0.1, -0.05) is 0 Å². The topological polar surface area (TPSA) is 49.4 Å². The molecule has 0 amide bonds. The monoisotopic (exact) mass is 214 g/mol. The van der Waals surface area contributed by atoms with E-state index in [0.717, 1.165) is 13.1 Å². The SMILES string of the molecule is CCS(=O)(=O)N1CCNCC1.Cl. The van der Waals surface area contributed by atoms with Crippen molar-refractivity contribution < 1.29 is 8.42 Å². The van der Waals surface area contributed by atoms with Crippen LogP contribution in [0.3, 0.4) is 0 Å². The Bertz CT molecular complexity index is 212. The first-order chi connectivity index (χ1) is 5.17. The molecule has 12 heavy (non-hydrogen) atoms. The summed E-state index contributed by atoms with van der Waals surface area (Å²) in [6.45, 7) is 4.47. The Hall–Kier alpha value is 0.160. The van der Waals surface area contributed by atoms with Crippen LogP contribution in [-0.4, -0.2) is 44.7 Å². The van der Waals surface area contributed by atoms with Crippen LogP contribution in [-0.2, 0) is 10.0 Å². The summed E-state index contributed by atoms with van der Waals surface area (Å²) in [5.74, 6) is 0.215. The molecule has 1 aliphatic heterocycles. The fraction of sp³-hybridized carbons (Fsp3) is 1.00. The number of piperazine rings is 1. The van der Waals surface area contributed by atoms with Gasteiger partial charge in [0, 0.05) is 26.2 Å². The molecule has 0 bridgehead atoms. The first-order valence-electron chi connectivity index (χ1n) is 3.85. The predicted octanol–water partition coefficient (Wildman–Crippen LogP) is -0.337. The highest BCUT2D eigenvalue weighted by Crippen LogP contribution is 2.01. The van der Waals surface area contributed by atoms with Crippen LogP contribution in [0.15, 0.2) is 0 Å². The largest absolute Gasteiger partial charge is 0.314 e. The van der Waals surface area contributed by atoms with E-state index in [4.69, 9.17) is 0 Å². The molecule has 0 atom stereocenters. The summed E-state index contributed by atoms with van der Waals surface area (Å²) in [7, 11) is -2.93. The molecule has 0 spiro atoms. The maximum absolute atomic E-state index is 11.3. The number of nitrogens with one attached hydrogen (secondary N) is 1. The third-order valence-corrected chi connectivity index (χ3v) is 3.72. The minimum Gasteiger partial charge on any atom is -0.314 e. The van der Waals surface area contributed by atoms with Gasteiger partial charge in [0.05, 0.1) is 5.75 Å². The van der Waals surface area contributed by atoms with Crippen LogP contribution in [0.4, 0.5) is 0 Å². The van der Waals surface area contributed by atoms with Crippen molar-refractivity contribution in [1.29, 1.82) is 0 Å². The molecule has 0 aromatic heterocycles. The molecule has 0 aromatic carbocycles. The van der Waals surface area contributed by atoms with Crippen molar-refractivity contribution >= 4 is 22.4 Å². The maximum Gasteiger partial charge on any atom is 0.213 e. The van der Waals surface area contributed by atoms with Crippen LogP contribution < -0.4 is 5.32 Å². The number of hydrogen-bond donors (Lipinski definition) is 1. The zero-order valence-electron chi connectivity index (χ0n) is 7.12. The highest BCUT2D eigenvalue weighted by Gasteiger charge is 2.20. The number of nitrogens with zero attached hydrogens (tertiary/aromatic N) is 1. The van der Waals surface area contributed by atoms with E-state index in [2.05, 4.69) is 5.32 Å². The van der Waals surface area contributed by atoms with Crippen LogP contribution in [0.1, 0.15) is 6.92 Å². The molecule has 1 rings (SSSR count). The average Bonchev–Trinajstić information content (AvgIpc) is 2.06. The molecule has 1 aliphatic rings. The van der Waals surface area contributed by atoms with Crippen molar-refractivity contribution in [1.82, 2.24) is 9.62 Å². The smallest absolute Gasteiger partial charge is 0.213 e. The summed E-state index contributed by atoms with van der Waals surface area (Å²) >= 11 is 0. The van der Waals surface area contributed by atoms with E-state index in [1.165, 1.54) is 0 Å². The van der Waals surface area contributed by atoms with Gasteiger partial charge in [-0.05, 0) is 6.92 Å². The van der Waals surface area contributed by atoms with E-state index >= 15 is 0 Å². The Morgan fingerprint density at radius 3 is 2.25 bits per heavy atom.